The zero-order valence-corrected chi connectivity index (χ0v) is 15.6. The molecule has 0 radical (unpaired) electrons. The summed E-state index contributed by atoms with van der Waals surface area (Å²) >= 11 is 0. The van der Waals surface area contributed by atoms with Crippen molar-refractivity contribution in [2.45, 2.75) is 43.2 Å². The van der Waals surface area contributed by atoms with E-state index in [0.29, 0.717) is 30.5 Å². The molecule has 0 aromatic heterocycles. The lowest BCUT2D eigenvalue weighted by Crippen LogP contribution is -2.33. The SMILES string of the molecule is Cc1cc(NC(=O)c2cccc(S(=O)(=O)NC3CCC(O)C3)c2)ccc1F. The van der Waals surface area contributed by atoms with Crippen LogP contribution >= 0.6 is 0 Å². The smallest absolute Gasteiger partial charge is 0.255 e. The predicted molar refractivity (Wildman–Crippen MR) is 99.5 cm³/mol. The first-order valence-corrected chi connectivity index (χ1v) is 10.1. The third-order valence-corrected chi connectivity index (χ3v) is 6.07. The molecule has 0 bridgehead atoms. The summed E-state index contributed by atoms with van der Waals surface area (Å²) in [5, 5.41) is 12.2. The maximum absolute atomic E-state index is 13.3. The van der Waals surface area contributed by atoms with Gasteiger partial charge < -0.3 is 10.4 Å². The Labute approximate surface area is 157 Å². The van der Waals surface area contributed by atoms with E-state index >= 15 is 0 Å². The third-order valence-electron chi connectivity index (χ3n) is 4.55. The van der Waals surface area contributed by atoms with Gasteiger partial charge in [-0.1, -0.05) is 6.07 Å². The molecular formula is C19H21FN2O4S. The van der Waals surface area contributed by atoms with E-state index in [0.717, 1.165) is 0 Å². The Morgan fingerprint density at radius 2 is 1.96 bits per heavy atom. The number of nitrogens with one attached hydrogen (secondary N) is 2. The molecule has 6 nitrogen and oxygen atoms in total. The second kappa shape index (κ2) is 7.75. The van der Waals surface area contributed by atoms with Crippen LogP contribution < -0.4 is 10.0 Å². The zero-order chi connectivity index (χ0) is 19.6. The topological polar surface area (TPSA) is 95.5 Å². The van der Waals surface area contributed by atoms with Crippen LogP contribution in [-0.4, -0.2) is 31.6 Å². The van der Waals surface area contributed by atoms with Gasteiger partial charge in [-0.2, -0.15) is 0 Å². The van der Waals surface area contributed by atoms with Crippen molar-refractivity contribution in [2.24, 2.45) is 0 Å². The highest BCUT2D eigenvalue weighted by atomic mass is 32.2. The minimum Gasteiger partial charge on any atom is -0.393 e. The molecule has 1 aliphatic carbocycles. The molecule has 0 heterocycles. The number of hydrogen-bond donors (Lipinski definition) is 3. The summed E-state index contributed by atoms with van der Waals surface area (Å²) in [5.74, 6) is -0.862. The zero-order valence-electron chi connectivity index (χ0n) is 14.8. The average Bonchev–Trinajstić information content (AvgIpc) is 3.02. The van der Waals surface area contributed by atoms with Gasteiger partial charge in [0.05, 0.1) is 11.0 Å². The molecular weight excluding hydrogens is 371 g/mol. The Balaban J connectivity index is 1.76. The summed E-state index contributed by atoms with van der Waals surface area (Å²) in [5.41, 5.74) is 0.989. The summed E-state index contributed by atoms with van der Waals surface area (Å²) in [6.45, 7) is 1.59. The first kappa shape index (κ1) is 19.5. The van der Waals surface area contributed by atoms with Crippen molar-refractivity contribution < 1.29 is 22.7 Å². The van der Waals surface area contributed by atoms with E-state index in [1.165, 1.54) is 42.5 Å². The van der Waals surface area contributed by atoms with Crippen molar-refractivity contribution in [3.8, 4) is 0 Å². The standard InChI is InChI=1S/C19H21FN2O4S/c1-12-9-14(6-8-18(12)20)21-19(24)13-3-2-4-17(10-13)27(25,26)22-15-5-7-16(23)11-15/h2-4,6,8-10,15-16,22-23H,5,7,11H2,1H3,(H,21,24). The van der Waals surface area contributed by atoms with Crippen molar-refractivity contribution in [1.82, 2.24) is 4.72 Å². The quantitative estimate of drug-likeness (QED) is 0.729. The number of halogens is 1. The fourth-order valence-electron chi connectivity index (χ4n) is 3.08. The van der Waals surface area contributed by atoms with Gasteiger partial charge >= 0.3 is 0 Å². The number of carbonyl (C=O) groups is 1. The number of sulfonamides is 1. The van der Waals surface area contributed by atoms with Crippen LogP contribution in [0.5, 0.6) is 0 Å². The second-order valence-corrected chi connectivity index (χ2v) is 8.44. The monoisotopic (exact) mass is 392 g/mol. The predicted octanol–water partition coefficient (Wildman–Crippen LogP) is 2.58. The highest BCUT2D eigenvalue weighted by molar-refractivity contribution is 7.89. The van der Waals surface area contributed by atoms with Crippen molar-refractivity contribution in [1.29, 1.82) is 0 Å². The van der Waals surface area contributed by atoms with Crippen LogP contribution in [0.3, 0.4) is 0 Å². The number of amides is 1. The van der Waals surface area contributed by atoms with Gasteiger partial charge in [-0.3, -0.25) is 4.79 Å². The highest BCUT2D eigenvalue weighted by Crippen LogP contribution is 2.22. The van der Waals surface area contributed by atoms with Crippen molar-refractivity contribution in [3.05, 3.63) is 59.4 Å². The van der Waals surface area contributed by atoms with Crippen LogP contribution in [0.25, 0.3) is 0 Å². The van der Waals surface area contributed by atoms with E-state index in [2.05, 4.69) is 10.0 Å². The largest absolute Gasteiger partial charge is 0.393 e. The number of aliphatic hydroxyl groups excluding tert-OH is 1. The second-order valence-electron chi connectivity index (χ2n) is 6.73. The number of aliphatic hydroxyl groups is 1. The summed E-state index contributed by atoms with van der Waals surface area (Å²) < 4.78 is 41.0. The minimum absolute atomic E-state index is 0.0215. The molecule has 3 N–H and O–H groups in total. The van der Waals surface area contributed by atoms with Crippen LogP contribution in [-0.2, 0) is 10.0 Å². The van der Waals surface area contributed by atoms with Gasteiger partial charge in [-0.15, -0.1) is 0 Å². The van der Waals surface area contributed by atoms with Gasteiger partial charge in [0.25, 0.3) is 5.91 Å². The Morgan fingerprint density at radius 1 is 1.19 bits per heavy atom. The fraction of sp³-hybridized carbons (Fsp3) is 0.316. The normalized spacial score (nSPS) is 19.8. The van der Waals surface area contributed by atoms with Gasteiger partial charge in [0, 0.05) is 17.3 Å². The lowest BCUT2D eigenvalue weighted by molar-refractivity contribution is 0.102. The number of hydrogen-bond acceptors (Lipinski definition) is 4. The molecule has 27 heavy (non-hydrogen) atoms. The Morgan fingerprint density at radius 3 is 2.63 bits per heavy atom. The number of aryl methyl sites for hydroxylation is 1. The van der Waals surface area contributed by atoms with Crippen LogP contribution in [0.1, 0.15) is 35.2 Å². The number of carbonyl (C=O) groups excluding carboxylic acids is 1. The third kappa shape index (κ3) is 4.71. The summed E-state index contributed by atoms with van der Waals surface area (Å²) in [7, 11) is -3.80. The maximum atomic E-state index is 13.3. The lowest BCUT2D eigenvalue weighted by atomic mass is 10.2. The molecule has 2 atom stereocenters. The molecule has 2 unspecified atom stereocenters. The molecule has 0 spiro atoms. The minimum atomic E-state index is -3.80. The summed E-state index contributed by atoms with van der Waals surface area (Å²) in [6.07, 6.45) is 1.02. The van der Waals surface area contributed by atoms with Gasteiger partial charge in [0.2, 0.25) is 10.0 Å². The Kier molecular flexibility index (Phi) is 5.59. The van der Waals surface area contributed by atoms with Gasteiger partial charge in [-0.05, 0) is 68.1 Å². The van der Waals surface area contributed by atoms with Crippen molar-refractivity contribution in [2.75, 3.05) is 5.32 Å². The molecule has 0 aliphatic heterocycles. The molecule has 1 fully saturated rings. The van der Waals surface area contributed by atoms with Crippen LogP contribution in [0.15, 0.2) is 47.4 Å². The van der Waals surface area contributed by atoms with E-state index in [1.54, 1.807) is 6.92 Å². The van der Waals surface area contributed by atoms with Crippen molar-refractivity contribution in [3.63, 3.8) is 0 Å². The Hall–Kier alpha value is -2.29. The van der Waals surface area contributed by atoms with Crippen LogP contribution in [0.2, 0.25) is 0 Å². The number of benzene rings is 2. The van der Waals surface area contributed by atoms with E-state index in [1.807, 2.05) is 0 Å². The van der Waals surface area contributed by atoms with Crippen LogP contribution in [0.4, 0.5) is 10.1 Å². The highest BCUT2D eigenvalue weighted by Gasteiger charge is 2.27. The van der Waals surface area contributed by atoms with E-state index in [-0.39, 0.29) is 22.3 Å². The molecule has 3 rings (SSSR count). The van der Waals surface area contributed by atoms with Gasteiger partial charge in [0.1, 0.15) is 5.82 Å². The summed E-state index contributed by atoms with van der Waals surface area (Å²) in [6, 6.07) is 9.57. The molecule has 2 aromatic rings. The van der Waals surface area contributed by atoms with E-state index in [4.69, 9.17) is 0 Å². The lowest BCUT2D eigenvalue weighted by Gasteiger charge is -2.13. The molecule has 1 aliphatic rings. The molecule has 2 aromatic carbocycles. The first-order chi connectivity index (χ1) is 12.7. The van der Waals surface area contributed by atoms with Gasteiger partial charge in [-0.25, -0.2) is 17.5 Å². The molecule has 144 valence electrons. The molecule has 1 saturated carbocycles. The van der Waals surface area contributed by atoms with Crippen LogP contribution in [0, 0.1) is 12.7 Å². The first-order valence-electron chi connectivity index (χ1n) is 8.62. The maximum Gasteiger partial charge on any atom is 0.255 e. The van der Waals surface area contributed by atoms with Crippen molar-refractivity contribution >= 4 is 21.6 Å². The average molecular weight is 392 g/mol. The fourth-order valence-corrected chi connectivity index (χ4v) is 4.41. The number of anilines is 1. The van der Waals surface area contributed by atoms with E-state index < -0.39 is 22.0 Å². The molecule has 1 amide bonds. The Bertz CT molecular complexity index is 962. The number of rotatable bonds is 5. The van der Waals surface area contributed by atoms with E-state index in [9.17, 15) is 22.7 Å². The molecule has 8 heteroatoms. The summed E-state index contributed by atoms with van der Waals surface area (Å²) in [4.78, 5) is 12.4. The van der Waals surface area contributed by atoms with Gasteiger partial charge in [0.15, 0.2) is 0 Å². The molecule has 0 saturated heterocycles.